The molecule has 0 fully saturated rings. The minimum Gasteiger partial charge on any atom is -0.726 e. The van der Waals surface area contributed by atoms with Crippen LogP contribution in [-0.4, -0.2) is 60.1 Å². The minimum atomic E-state index is -4.92. The van der Waals surface area contributed by atoms with Gasteiger partial charge >= 0.3 is 162 Å². The van der Waals surface area contributed by atoms with Crippen molar-refractivity contribution >= 4 is 46.2 Å². The first-order valence-electron chi connectivity index (χ1n) is 8.60. The molecule has 0 aliphatic rings. The molecule has 9 nitrogen and oxygen atoms in total. The van der Waals surface area contributed by atoms with E-state index in [9.17, 15) is 0 Å². The summed E-state index contributed by atoms with van der Waals surface area (Å²) in [4.78, 5) is 21.6. The summed E-state index contributed by atoms with van der Waals surface area (Å²) in [6, 6.07) is 1.75. The van der Waals surface area contributed by atoms with E-state index in [0.717, 1.165) is 0 Å². The van der Waals surface area contributed by atoms with Crippen molar-refractivity contribution < 1.29 is 88.2 Å². The van der Waals surface area contributed by atoms with Crippen LogP contribution in [0.3, 0.4) is 0 Å². The monoisotopic (exact) mass is 467 g/mol. The molecule has 0 amide bonds. The minimum absolute atomic E-state index is 0. The van der Waals surface area contributed by atoms with Gasteiger partial charge in [0.1, 0.15) is 0 Å². The molecule has 0 unspecified atom stereocenters. The zero-order valence-electron chi connectivity index (χ0n) is 17.0. The van der Waals surface area contributed by atoms with Crippen LogP contribution in [0.2, 0.25) is 3.67 Å². The fraction of sp³-hybridized carbons (Fsp3) is 0.929. The maximum atomic E-state index is 8.88. The first kappa shape index (κ1) is 39.6. The first-order chi connectivity index (χ1) is 11.8. The average molecular weight is 468 g/mol. The van der Waals surface area contributed by atoms with E-state index < -0.39 is 18.2 Å². The van der Waals surface area contributed by atoms with Gasteiger partial charge in [0.25, 0.3) is 0 Å². The Labute approximate surface area is 224 Å². The number of unbranched alkanes of at least 4 members (excludes halogenated alkanes) is 9. The molecule has 27 heavy (non-hydrogen) atoms. The molecule has 0 saturated carbocycles. The van der Waals surface area contributed by atoms with Crippen molar-refractivity contribution in [2.75, 3.05) is 0 Å². The molecule has 0 aliphatic carbocycles. The molecule has 0 heterocycles. The van der Waals surface area contributed by atoms with Gasteiger partial charge in [0, 0.05) is 6.92 Å². The summed E-state index contributed by atoms with van der Waals surface area (Å²) >= 11 is 1.41. The third-order valence-electron chi connectivity index (χ3n) is 2.71. The summed E-state index contributed by atoms with van der Waals surface area (Å²) in [5, 5.41) is 7.32. The summed E-state index contributed by atoms with van der Waals surface area (Å²) in [5.41, 5.74) is 0. The van der Waals surface area contributed by atoms with E-state index in [2.05, 4.69) is 6.92 Å². The fourth-order valence-corrected chi connectivity index (χ4v) is 2.24. The first-order valence-corrected chi connectivity index (χ1v) is 12.9. The van der Waals surface area contributed by atoms with Crippen molar-refractivity contribution in [3.05, 3.63) is 0 Å². The van der Waals surface area contributed by atoms with Gasteiger partial charge in [-0.1, -0.05) is 0 Å². The maximum Gasteiger partial charge on any atom is 1.00 e. The topological polar surface area (TPSA) is 179 Å². The van der Waals surface area contributed by atoms with Crippen LogP contribution >= 0.6 is 7.82 Å². The van der Waals surface area contributed by atoms with Gasteiger partial charge in [0.15, 0.2) is 0 Å². The third kappa shape index (κ3) is 131. The maximum absolute atomic E-state index is 8.88. The molecule has 4 N–H and O–H groups in total. The predicted octanol–water partition coefficient (Wildman–Crippen LogP) is 0.104. The predicted molar refractivity (Wildman–Crippen MR) is 100 cm³/mol. The van der Waals surface area contributed by atoms with Gasteiger partial charge < -0.3 is 19.2 Å². The van der Waals surface area contributed by atoms with Crippen LogP contribution in [0.15, 0.2) is 0 Å². The Morgan fingerprint density at radius 3 is 1.33 bits per heavy atom. The van der Waals surface area contributed by atoms with E-state index in [4.69, 9.17) is 42.0 Å². The number of nitrogens with zero attached hydrogens (tertiary/aromatic N) is 1. The number of rotatable bonds is 10. The number of hydrogen-bond donors (Lipinski definition) is 4. The van der Waals surface area contributed by atoms with Crippen LogP contribution in [0.1, 0.15) is 78.1 Å². The van der Waals surface area contributed by atoms with Gasteiger partial charge in [0.05, 0.1) is 6.07 Å². The molecule has 0 spiro atoms. The Bertz CT molecular complexity index is 430. The molecule has 154 valence electrons. The van der Waals surface area contributed by atoms with Crippen LogP contribution in [0.25, 0.3) is 0 Å². The zero-order valence-corrected chi connectivity index (χ0v) is 23.8. The van der Waals surface area contributed by atoms with Crippen molar-refractivity contribution in [1.82, 2.24) is 0 Å². The zero-order chi connectivity index (χ0) is 21.5. The summed E-state index contributed by atoms with van der Waals surface area (Å²) in [6.07, 6.45) is 14.7. The Balaban J connectivity index is -0.0000000956. The Kier molecular flexibility index (Phi) is 44.4. The molecular formula is C14H32KNNaO8PS. The Morgan fingerprint density at radius 1 is 0.963 bits per heavy atom. The van der Waals surface area contributed by atoms with Gasteiger partial charge in [0.2, 0.25) is 10.4 Å². The molecule has 0 radical (unpaired) electrons. The van der Waals surface area contributed by atoms with E-state index in [1.54, 1.807) is 6.07 Å². The molecule has 0 aromatic heterocycles. The average Bonchev–Trinajstić information content (AvgIpc) is 2.43. The van der Waals surface area contributed by atoms with E-state index in [1.807, 2.05) is 0 Å². The summed E-state index contributed by atoms with van der Waals surface area (Å²) in [5.74, 6) is 0. The SMILES string of the molecule is CC#N.CCCCCCCCCCC[CH2][Na].O=P(O)(O)O.O=S(=O)([O-])O.[K+]. The van der Waals surface area contributed by atoms with E-state index in [1.165, 1.54) is 103 Å². The quantitative estimate of drug-likeness (QED) is 0.114. The second-order valence-corrected chi connectivity index (χ2v) is 8.23. The summed E-state index contributed by atoms with van der Waals surface area (Å²) in [7, 11) is -9.56. The number of phosphoric acid groups is 1. The number of nitriles is 1. The second kappa shape index (κ2) is 30.3. The van der Waals surface area contributed by atoms with Crippen LogP contribution < -0.4 is 51.4 Å². The van der Waals surface area contributed by atoms with Gasteiger partial charge in [-0.15, -0.1) is 0 Å². The third-order valence-corrected chi connectivity index (χ3v) is 3.41. The van der Waals surface area contributed by atoms with Crippen LogP contribution in [0.4, 0.5) is 0 Å². The van der Waals surface area contributed by atoms with Crippen LogP contribution in [-0.2, 0) is 15.0 Å². The van der Waals surface area contributed by atoms with Crippen LogP contribution in [0, 0.1) is 11.3 Å². The van der Waals surface area contributed by atoms with E-state index in [-0.39, 0.29) is 51.4 Å². The van der Waals surface area contributed by atoms with Crippen molar-refractivity contribution in [2.24, 2.45) is 0 Å². The standard InChI is InChI=1S/C12H25.C2H3N.K.Na.H3O4P.H2O4S/c1-3-5-7-9-11-12-10-8-6-4-2;1-2-3;;;2*1-5(2,3)4/h1,3-12H2,2H3;1H3;;;(H3,1,2,3,4);(H2,1,2,3,4)/q;;+1;;;/p-1. The van der Waals surface area contributed by atoms with Crippen LogP contribution in [0.5, 0.6) is 0 Å². The van der Waals surface area contributed by atoms with E-state index in [0.29, 0.717) is 0 Å². The largest absolute Gasteiger partial charge is 1.00 e. The molecule has 0 aliphatic heterocycles. The molecule has 0 rings (SSSR count). The normalized spacial score (nSPS) is 9.78. The Morgan fingerprint density at radius 2 is 1.15 bits per heavy atom. The van der Waals surface area contributed by atoms with Gasteiger partial charge in [-0.25, -0.2) is 13.0 Å². The fourth-order valence-electron chi connectivity index (χ4n) is 1.74. The molecule has 0 aromatic rings. The number of hydrogen-bond acceptors (Lipinski definition) is 5. The summed E-state index contributed by atoms with van der Waals surface area (Å²) in [6.45, 7) is 3.72. The molecule has 0 saturated heterocycles. The smallest absolute Gasteiger partial charge is 0.726 e. The molecule has 13 heteroatoms. The van der Waals surface area contributed by atoms with Crippen molar-refractivity contribution in [2.45, 2.75) is 81.7 Å². The van der Waals surface area contributed by atoms with Crippen molar-refractivity contribution in [3.63, 3.8) is 0 Å². The molecule has 0 atom stereocenters. The van der Waals surface area contributed by atoms with Gasteiger partial charge in [-0.2, -0.15) is 5.26 Å². The van der Waals surface area contributed by atoms with Gasteiger partial charge in [-0.3, -0.25) is 4.55 Å². The van der Waals surface area contributed by atoms with Crippen molar-refractivity contribution in [3.8, 4) is 6.07 Å². The summed E-state index contributed by atoms with van der Waals surface area (Å²) < 4.78 is 43.2. The van der Waals surface area contributed by atoms with Gasteiger partial charge in [-0.05, 0) is 0 Å². The van der Waals surface area contributed by atoms with E-state index >= 15 is 0 Å². The molecule has 0 bridgehead atoms. The van der Waals surface area contributed by atoms with Crippen molar-refractivity contribution in [1.29, 1.82) is 5.26 Å². The molecule has 0 aromatic carbocycles. The molecular weight excluding hydrogens is 435 g/mol. The second-order valence-electron chi connectivity index (χ2n) is 5.35. The Hall–Kier alpha value is 2.11.